The van der Waals surface area contributed by atoms with Crippen molar-refractivity contribution < 1.29 is 9.84 Å². The summed E-state index contributed by atoms with van der Waals surface area (Å²) < 4.78 is 5.53. The molecule has 2 atom stereocenters. The normalized spacial score (nSPS) is 22.2. The molecule has 0 aromatic heterocycles. The van der Waals surface area contributed by atoms with E-state index < -0.39 is 6.10 Å². The van der Waals surface area contributed by atoms with Crippen LogP contribution in [0.3, 0.4) is 0 Å². The molecule has 0 saturated heterocycles. The second-order valence-corrected chi connectivity index (χ2v) is 3.27. The number of benzene rings is 1. The summed E-state index contributed by atoms with van der Waals surface area (Å²) in [5.41, 5.74) is 6.51. The van der Waals surface area contributed by atoms with Gasteiger partial charge in [-0.1, -0.05) is 18.2 Å². The zero-order chi connectivity index (χ0) is 9.26. The van der Waals surface area contributed by atoms with E-state index in [0.717, 1.165) is 17.7 Å². The van der Waals surface area contributed by atoms with Gasteiger partial charge in [-0.15, -0.1) is 0 Å². The van der Waals surface area contributed by atoms with Gasteiger partial charge >= 0.3 is 0 Å². The second-order valence-electron chi connectivity index (χ2n) is 3.27. The standard InChI is InChI=1S/C10H13NO2/c11-6-8(12)10-5-7-3-1-2-4-9(7)13-10/h1-4,8,10,12H,5-6,11H2/t8-,10-/m1/s1. The third-order valence-corrected chi connectivity index (χ3v) is 2.34. The summed E-state index contributed by atoms with van der Waals surface area (Å²) in [5, 5.41) is 9.48. The quantitative estimate of drug-likeness (QED) is 0.687. The monoisotopic (exact) mass is 179 g/mol. The number of rotatable bonds is 2. The molecule has 13 heavy (non-hydrogen) atoms. The Morgan fingerprint density at radius 2 is 2.31 bits per heavy atom. The summed E-state index contributed by atoms with van der Waals surface area (Å²) >= 11 is 0. The average Bonchev–Trinajstić information content (AvgIpc) is 2.59. The summed E-state index contributed by atoms with van der Waals surface area (Å²) in [6.45, 7) is 0.249. The molecule has 0 radical (unpaired) electrons. The molecule has 3 heteroatoms. The minimum absolute atomic E-state index is 0.164. The van der Waals surface area contributed by atoms with Crippen LogP contribution >= 0.6 is 0 Å². The highest BCUT2D eigenvalue weighted by Crippen LogP contribution is 2.29. The van der Waals surface area contributed by atoms with Crippen LogP contribution in [0.5, 0.6) is 5.75 Å². The van der Waals surface area contributed by atoms with Crippen LogP contribution in [0.15, 0.2) is 24.3 Å². The van der Waals surface area contributed by atoms with E-state index in [-0.39, 0.29) is 12.6 Å². The van der Waals surface area contributed by atoms with Gasteiger partial charge in [0.2, 0.25) is 0 Å². The van der Waals surface area contributed by atoms with Crippen molar-refractivity contribution in [3.8, 4) is 5.75 Å². The maximum absolute atomic E-state index is 9.48. The molecule has 1 aliphatic rings. The Kier molecular flexibility index (Phi) is 2.20. The van der Waals surface area contributed by atoms with Crippen molar-refractivity contribution in [3.05, 3.63) is 29.8 Å². The Morgan fingerprint density at radius 3 is 3.00 bits per heavy atom. The van der Waals surface area contributed by atoms with Gasteiger partial charge in [-0.25, -0.2) is 0 Å². The van der Waals surface area contributed by atoms with E-state index in [1.807, 2.05) is 24.3 Å². The van der Waals surface area contributed by atoms with Crippen LogP contribution in [0.4, 0.5) is 0 Å². The first-order valence-electron chi connectivity index (χ1n) is 4.44. The number of hydrogen-bond donors (Lipinski definition) is 2. The predicted molar refractivity (Wildman–Crippen MR) is 49.6 cm³/mol. The Labute approximate surface area is 77.1 Å². The molecule has 1 aromatic carbocycles. The molecule has 0 fully saturated rings. The van der Waals surface area contributed by atoms with Crippen molar-refractivity contribution in [2.45, 2.75) is 18.6 Å². The van der Waals surface area contributed by atoms with Gasteiger partial charge in [-0.2, -0.15) is 0 Å². The molecule has 3 N–H and O–H groups in total. The average molecular weight is 179 g/mol. The fraction of sp³-hybridized carbons (Fsp3) is 0.400. The zero-order valence-electron chi connectivity index (χ0n) is 7.31. The maximum atomic E-state index is 9.48. The number of fused-ring (bicyclic) bond motifs is 1. The molecule has 3 nitrogen and oxygen atoms in total. The first kappa shape index (κ1) is 8.53. The first-order chi connectivity index (χ1) is 6.31. The minimum Gasteiger partial charge on any atom is -0.487 e. The summed E-state index contributed by atoms with van der Waals surface area (Å²) in [6.07, 6.45) is 0.0314. The second kappa shape index (κ2) is 3.36. The highest BCUT2D eigenvalue weighted by molar-refractivity contribution is 5.37. The highest BCUT2D eigenvalue weighted by atomic mass is 16.5. The van der Waals surface area contributed by atoms with Gasteiger partial charge in [0, 0.05) is 13.0 Å². The van der Waals surface area contributed by atoms with Gasteiger partial charge in [0.05, 0.1) is 0 Å². The molecular weight excluding hydrogens is 166 g/mol. The summed E-state index contributed by atoms with van der Waals surface area (Å²) in [7, 11) is 0. The molecule has 0 bridgehead atoms. The molecule has 2 rings (SSSR count). The fourth-order valence-electron chi connectivity index (χ4n) is 1.58. The van der Waals surface area contributed by atoms with Gasteiger partial charge in [0.25, 0.3) is 0 Å². The Hall–Kier alpha value is -1.06. The molecule has 0 spiro atoms. The van der Waals surface area contributed by atoms with E-state index in [4.69, 9.17) is 10.5 Å². The van der Waals surface area contributed by atoms with Crippen LogP contribution in [0.1, 0.15) is 5.56 Å². The van der Waals surface area contributed by atoms with Gasteiger partial charge in [0.15, 0.2) is 0 Å². The molecule has 0 aliphatic carbocycles. The molecule has 1 aliphatic heterocycles. The third kappa shape index (κ3) is 1.53. The summed E-state index contributed by atoms with van der Waals surface area (Å²) in [6, 6.07) is 7.83. The minimum atomic E-state index is -0.563. The molecule has 0 saturated carbocycles. The van der Waals surface area contributed by atoms with Crippen LogP contribution in [-0.4, -0.2) is 23.9 Å². The summed E-state index contributed by atoms with van der Waals surface area (Å²) in [5.74, 6) is 0.875. The lowest BCUT2D eigenvalue weighted by Gasteiger charge is -2.15. The largest absolute Gasteiger partial charge is 0.487 e. The van der Waals surface area contributed by atoms with Crippen LogP contribution in [0.2, 0.25) is 0 Å². The number of para-hydroxylation sites is 1. The van der Waals surface area contributed by atoms with Crippen molar-refractivity contribution in [2.24, 2.45) is 5.73 Å². The van der Waals surface area contributed by atoms with Crippen molar-refractivity contribution in [1.82, 2.24) is 0 Å². The molecule has 1 aromatic rings. The van der Waals surface area contributed by atoms with Crippen LogP contribution in [0.25, 0.3) is 0 Å². The zero-order valence-corrected chi connectivity index (χ0v) is 7.31. The van der Waals surface area contributed by atoms with E-state index >= 15 is 0 Å². The van der Waals surface area contributed by atoms with Crippen molar-refractivity contribution in [2.75, 3.05) is 6.54 Å². The number of aliphatic hydroxyl groups excluding tert-OH is 1. The van der Waals surface area contributed by atoms with E-state index in [1.165, 1.54) is 0 Å². The van der Waals surface area contributed by atoms with Crippen molar-refractivity contribution >= 4 is 0 Å². The SMILES string of the molecule is NC[C@@H](O)[C@H]1Cc2ccccc2O1. The lowest BCUT2D eigenvalue weighted by atomic mass is 10.1. The third-order valence-electron chi connectivity index (χ3n) is 2.34. The molecular formula is C10H13NO2. The number of nitrogens with two attached hydrogens (primary N) is 1. The highest BCUT2D eigenvalue weighted by Gasteiger charge is 2.27. The van der Waals surface area contributed by atoms with Gasteiger partial charge in [-0.3, -0.25) is 0 Å². The number of aliphatic hydroxyl groups is 1. The van der Waals surface area contributed by atoms with Crippen LogP contribution < -0.4 is 10.5 Å². The molecule has 0 amide bonds. The first-order valence-corrected chi connectivity index (χ1v) is 4.44. The topological polar surface area (TPSA) is 55.5 Å². The van der Waals surface area contributed by atoms with Crippen LogP contribution in [0, 0.1) is 0 Å². The Morgan fingerprint density at radius 1 is 1.54 bits per heavy atom. The van der Waals surface area contributed by atoms with E-state index in [9.17, 15) is 5.11 Å². The van der Waals surface area contributed by atoms with E-state index in [2.05, 4.69) is 0 Å². The lowest BCUT2D eigenvalue weighted by Crippen LogP contribution is -2.36. The smallest absolute Gasteiger partial charge is 0.130 e. The fourth-order valence-corrected chi connectivity index (χ4v) is 1.58. The van der Waals surface area contributed by atoms with Gasteiger partial charge in [-0.05, 0) is 11.6 Å². The number of hydrogen-bond acceptors (Lipinski definition) is 3. The van der Waals surface area contributed by atoms with E-state index in [1.54, 1.807) is 0 Å². The van der Waals surface area contributed by atoms with Crippen molar-refractivity contribution in [1.29, 1.82) is 0 Å². The Bertz CT molecular complexity index is 276. The molecule has 0 unspecified atom stereocenters. The maximum Gasteiger partial charge on any atom is 0.130 e. The summed E-state index contributed by atoms with van der Waals surface area (Å²) in [4.78, 5) is 0. The van der Waals surface area contributed by atoms with Gasteiger partial charge < -0.3 is 15.6 Å². The molecule has 70 valence electrons. The molecule has 1 heterocycles. The van der Waals surface area contributed by atoms with Gasteiger partial charge in [0.1, 0.15) is 18.0 Å². The Balaban J connectivity index is 2.14. The number of ether oxygens (including phenoxy) is 1. The van der Waals surface area contributed by atoms with Crippen LogP contribution in [-0.2, 0) is 6.42 Å². The lowest BCUT2D eigenvalue weighted by molar-refractivity contribution is 0.0561. The predicted octanol–water partition coefficient (Wildman–Crippen LogP) is 0.310. The van der Waals surface area contributed by atoms with Crippen molar-refractivity contribution in [3.63, 3.8) is 0 Å². The van der Waals surface area contributed by atoms with E-state index in [0.29, 0.717) is 0 Å².